The zero-order valence-corrected chi connectivity index (χ0v) is 10.2. The van der Waals surface area contributed by atoms with Crippen molar-refractivity contribution >= 4 is 5.97 Å². The molecule has 2 aromatic carbocycles. The largest absolute Gasteiger partial charge is 0.478 e. The van der Waals surface area contributed by atoms with Crippen molar-refractivity contribution in [3.8, 4) is 11.1 Å². The highest BCUT2D eigenvalue weighted by atomic mass is 19.1. The molecule has 0 aliphatic rings. The van der Waals surface area contributed by atoms with E-state index in [1.54, 1.807) is 6.07 Å². The molecule has 0 saturated heterocycles. The van der Waals surface area contributed by atoms with Gasteiger partial charge in [0.1, 0.15) is 5.82 Å². The molecule has 2 rings (SSSR count). The fourth-order valence-corrected chi connectivity index (χ4v) is 1.90. The summed E-state index contributed by atoms with van der Waals surface area (Å²) in [4.78, 5) is 10.9. The molecule has 0 aliphatic heterocycles. The first kappa shape index (κ1) is 12.3. The average molecular weight is 244 g/mol. The van der Waals surface area contributed by atoms with E-state index in [0.717, 1.165) is 22.3 Å². The Hall–Kier alpha value is -2.16. The molecule has 2 aromatic rings. The van der Waals surface area contributed by atoms with Crippen molar-refractivity contribution in [3.63, 3.8) is 0 Å². The molecule has 2 nitrogen and oxygen atoms in total. The number of rotatable bonds is 2. The number of hydrogen-bond donors (Lipinski definition) is 1. The van der Waals surface area contributed by atoms with Crippen LogP contribution in [0, 0.1) is 19.7 Å². The number of carboxylic acid groups (broad SMARTS) is 1. The second kappa shape index (κ2) is 4.61. The quantitative estimate of drug-likeness (QED) is 0.872. The minimum Gasteiger partial charge on any atom is -0.478 e. The van der Waals surface area contributed by atoms with Crippen LogP contribution in [0.15, 0.2) is 36.4 Å². The third kappa shape index (κ3) is 2.25. The van der Waals surface area contributed by atoms with Gasteiger partial charge in [0, 0.05) is 0 Å². The predicted octanol–water partition coefficient (Wildman–Crippen LogP) is 3.81. The maximum Gasteiger partial charge on any atom is 0.338 e. The zero-order valence-electron chi connectivity index (χ0n) is 10.2. The molecule has 0 unspecified atom stereocenters. The molecule has 0 bridgehead atoms. The van der Waals surface area contributed by atoms with Crippen LogP contribution in [-0.2, 0) is 0 Å². The van der Waals surface area contributed by atoms with Crippen molar-refractivity contribution in [2.75, 3.05) is 0 Å². The van der Waals surface area contributed by atoms with Crippen LogP contribution in [0.3, 0.4) is 0 Å². The van der Waals surface area contributed by atoms with Gasteiger partial charge in [-0.05, 0) is 42.7 Å². The number of benzene rings is 2. The van der Waals surface area contributed by atoms with Crippen LogP contribution < -0.4 is 0 Å². The van der Waals surface area contributed by atoms with Gasteiger partial charge in [0.15, 0.2) is 0 Å². The van der Waals surface area contributed by atoms with E-state index in [4.69, 9.17) is 5.11 Å². The van der Waals surface area contributed by atoms with E-state index in [0.29, 0.717) is 0 Å². The lowest BCUT2D eigenvalue weighted by atomic mass is 9.97. The van der Waals surface area contributed by atoms with Crippen LogP contribution in [0.5, 0.6) is 0 Å². The van der Waals surface area contributed by atoms with Crippen LogP contribution in [0.25, 0.3) is 11.1 Å². The summed E-state index contributed by atoms with van der Waals surface area (Å²) in [6.07, 6.45) is 0. The molecule has 0 atom stereocenters. The van der Waals surface area contributed by atoms with E-state index < -0.39 is 11.8 Å². The van der Waals surface area contributed by atoms with Gasteiger partial charge in [-0.15, -0.1) is 0 Å². The van der Waals surface area contributed by atoms with Gasteiger partial charge in [-0.3, -0.25) is 0 Å². The van der Waals surface area contributed by atoms with Crippen LogP contribution in [0.4, 0.5) is 4.39 Å². The number of carboxylic acids is 1. The van der Waals surface area contributed by atoms with E-state index in [-0.39, 0.29) is 5.56 Å². The topological polar surface area (TPSA) is 37.3 Å². The fourth-order valence-electron chi connectivity index (χ4n) is 1.90. The minimum atomic E-state index is -1.25. The highest BCUT2D eigenvalue weighted by Crippen LogP contribution is 2.26. The van der Waals surface area contributed by atoms with E-state index >= 15 is 0 Å². The Balaban J connectivity index is 2.61. The molecule has 18 heavy (non-hydrogen) atoms. The molecule has 0 saturated carbocycles. The van der Waals surface area contributed by atoms with Gasteiger partial charge in [0.2, 0.25) is 0 Å². The third-order valence-corrected chi connectivity index (χ3v) is 2.90. The maximum absolute atomic E-state index is 13.3. The van der Waals surface area contributed by atoms with E-state index in [1.165, 1.54) is 12.1 Å². The van der Waals surface area contributed by atoms with Crippen LogP contribution in [0.2, 0.25) is 0 Å². The van der Waals surface area contributed by atoms with Gasteiger partial charge in [0.25, 0.3) is 0 Å². The second-order valence-electron chi connectivity index (χ2n) is 4.32. The molecule has 0 aromatic heterocycles. The molecule has 0 radical (unpaired) electrons. The molecule has 0 amide bonds. The fraction of sp³-hybridized carbons (Fsp3) is 0.133. The zero-order chi connectivity index (χ0) is 13.3. The van der Waals surface area contributed by atoms with E-state index in [2.05, 4.69) is 0 Å². The molecule has 0 spiro atoms. The standard InChI is InChI=1S/C15H13FO2/c1-9-3-4-10(2)12(7-9)11-5-6-14(16)13(8-11)15(17)18/h3-8H,1-2H3,(H,17,18). The Bertz CT molecular complexity index is 618. The first-order valence-corrected chi connectivity index (χ1v) is 5.59. The normalized spacial score (nSPS) is 10.4. The number of carbonyl (C=O) groups is 1. The van der Waals surface area contributed by atoms with Gasteiger partial charge in [-0.25, -0.2) is 9.18 Å². The van der Waals surface area contributed by atoms with Gasteiger partial charge in [0.05, 0.1) is 5.56 Å². The SMILES string of the molecule is Cc1ccc(C)c(-c2ccc(F)c(C(=O)O)c2)c1. The second-order valence-corrected chi connectivity index (χ2v) is 4.32. The van der Waals surface area contributed by atoms with Gasteiger partial charge in [-0.2, -0.15) is 0 Å². The lowest BCUT2D eigenvalue weighted by Crippen LogP contribution is -2.00. The summed E-state index contributed by atoms with van der Waals surface area (Å²) < 4.78 is 13.3. The molecule has 92 valence electrons. The summed E-state index contributed by atoms with van der Waals surface area (Å²) in [5.41, 5.74) is 3.46. The predicted molar refractivity (Wildman–Crippen MR) is 68.3 cm³/mol. The molecule has 0 fully saturated rings. The summed E-state index contributed by atoms with van der Waals surface area (Å²) in [5, 5.41) is 8.92. The summed E-state index contributed by atoms with van der Waals surface area (Å²) >= 11 is 0. The van der Waals surface area contributed by atoms with Crippen molar-refractivity contribution in [1.29, 1.82) is 0 Å². The van der Waals surface area contributed by atoms with Crippen LogP contribution in [-0.4, -0.2) is 11.1 Å². The summed E-state index contributed by atoms with van der Waals surface area (Å²) in [7, 11) is 0. The lowest BCUT2D eigenvalue weighted by molar-refractivity contribution is 0.0692. The van der Waals surface area contributed by atoms with Crippen molar-refractivity contribution in [2.45, 2.75) is 13.8 Å². The Morgan fingerprint density at radius 1 is 1.11 bits per heavy atom. The van der Waals surface area contributed by atoms with E-state index in [9.17, 15) is 9.18 Å². The average Bonchev–Trinajstić information content (AvgIpc) is 2.33. The lowest BCUT2D eigenvalue weighted by Gasteiger charge is -2.08. The van der Waals surface area contributed by atoms with Crippen LogP contribution >= 0.6 is 0 Å². The van der Waals surface area contributed by atoms with Crippen molar-refractivity contribution in [1.82, 2.24) is 0 Å². The number of aryl methyl sites for hydroxylation is 2. The molecule has 1 N–H and O–H groups in total. The first-order chi connectivity index (χ1) is 8.49. The Kier molecular flexibility index (Phi) is 3.15. The third-order valence-electron chi connectivity index (χ3n) is 2.90. The van der Waals surface area contributed by atoms with E-state index in [1.807, 2.05) is 32.0 Å². The molecular weight excluding hydrogens is 231 g/mol. The summed E-state index contributed by atoms with van der Waals surface area (Å²) in [6.45, 7) is 3.91. The Morgan fingerprint density at radius 2 is 1.83 bits per heavy atom. The van der Waals surface area contributed by atoms with Crippen LogP contribution in [0.1, 0.15) is 21.5 Å². The first-order valence-electron chi connectivity index (χ1n) is 5.59. The van der Waals surface area contributed by atoms with Gasteiger partial charge >= 0.3 is 5.97 Å². The highest BCUT2D eigenvalue weighted by Gasteiger charge is 2.12. The monoisotopic (exact) mass is 244 g/mol. The smallest absolute Gasteiger partial charge is 0.338 e. The molecule has 0 aliphatic carbocycles. The van der Waals surface area contributed by atoms with Crippen molar-refractivity contribution in [2.24, 2.45) is 0 Å². The Morgan fingerprint density at radius 3 is 2.50 bits per heavy atom. The molecular formula is C15H13FO2. The van der Waals surface area contributed by atoms with Gasteiger partial charge in [-0.1, -0.05) is 29.8 Å². The summed E-state index contributed by atoms with van der Waals surface area (Å²) in [6, 6.07) is 10.1. The minimum absolute atomic E-state index is 0.298. The van der Waals surface area contributed by atoms with Crippen molar-refractivity contribution in [3.05, 3.63) is 58.9 Å². The van der Waals surface area contributed by atoms with Gasteiger partial charge < -0.3 is 5.11 Å². The van der Waals surface area contributed by atoms with Crippen molar-refractivity contribution < 1.29 is 14.3 Å². The number of hydrogen-bond acceptors (Lipinski definition) is 1. The number of halogens is 1. The number of aromatic carboxylic acids is 1. The molecule has 3 heteroatoms. The Labute approximate surface area is 105 Å². The molecule has 0 heterocycles. The maximum atomic E-state index is 13.3. The highest BCUT2D eigenvalue weighted by molar-refractivity contribution is 5.90. The summed E-state index contributed by atoms with van der Waals surface area (Å²) in [5.74, 6) is -1.96.